The maximum absolute atomic E-state index is 12.6. The van der Waals surface area contributed by atoms with Gasteiger partial charge in [0.25, 0.3) is 5.91 Å². The minimum atomic E-state index is -0.273. The lowest BCUT2D eigenvalue weighted by molar-refractivity contribution is 0.102. The van der Waals surface area contributed by atoms with Gasteiger partial charge in [-0.3, -0.25) is 4.79 Å². The normalized spacial score (nSPS) is 10.7. The van der Waals surface area contributed by atoms with E-state index >= 15 is 0 Å². The number of aromatic nitrogens is 3. The van der Waals surface area contributed by atoms with Crippen LogP contribution >= 0.6 is 0 Å². The maximum atomic E-state index is 12.6. The van der Waals surface area contributed by atoms with E-state index in [1.165, 1.54) is 6.20 Å². The number of carbonyl (C=O) groups excluding carboxylic acids is 1. The summed E-state index contributed by atoms with van der Waals surface area (Å²) in [6.45, 7) is 5.39. The summed E-state index contributed by atoms with van der Waals surface area (Å²) in [6.07, 6.45) is 4.87. The monoisotopic (exact) mass is 432 g/mol. The third kappa shape index (κ3) is 4.80. The molecule has 2 aromatic heterocycles. The van der Waals surface area contributed by atoms with Crippen molar-refractivity contribution in [2.75, 3.05) is 18.5 Å². The van der Waals surface area contributed by atoms with Crippen LogP contribution in [0.1, 0.15) is 29.8 Å². The molecule has 0 aliphatic heterocycles. The van der Waals surface area contributed by atoms with Crippen LogP contribution in [-0.2, 0) is 6.61 Å². The summed E-state index contributed by atoms with van der Waals surface area (Å²) < 4.78 is 18.7. The first kappa shape index (κ1) is 21.2. The first-order valence-corrected chi connectivity index (χ1v) is 10.4. The fourth-order valence-corrected chi connectivity index (χ4v) is 3.17. The Labute approximate surface area is 185 Å². The van der Waals surface area contributed by atoms with E-state index in [0.717, 1.165) is 11.3 Å². The van der Waals surface area contributed by atoms with Gasteiger partial charge in [-0.05, 0) is 61.9 Å². The molecular formula is C24H24N4O4. The Hall–Kier alpha value is -4.07. The molecule has 164 valence electrons. The zero-order valence-corrected chi connectivity index (χ0v) is 17.9. The third-order valence-electron chi connectivity index (χ3n) is 4.65. The number of hydrogen-bond donors (Lipinski definition) is 1. The number of ether oxygens (including phenoxy) is 3. The smallest absolute Gasteiger partial charge is 0.261 e. The lowest BCUT2D eigenvalue weighted by atomic mass is 10.2. The van der Waals surface area contributed by atoms with Gasteiger partial charge in [-0.2, -0.15) is 5.10 Å². The van der Waals surface area contributed by atoms with Crippen LogP contribution in [-0.4, -0.2) is 33.7 Å². The molecule has 0 saturated carbocycles. The number of rotatable bonds is 9. The third-order valence-corrected chi connectivity index (χ3v) is 4.65. The summed E-state index contributed by atoms with van der Waals surface area (Å²) in [5, 5.41) is 7.00. The molecule has 0 aliphatic rings. The van der Waals surface area contributed by atoms with Gasteiger partial charge in [0, 0.05) is 18.1 Å². The van der Waals surface area contributed by atoms with Gasteiger partial charge in [0.2, 0.25) is 0 Å². The number of nitrogens with one attached hydrogen (secondary N) is 1. The van der Waals surface area contributed by atoms with E-state index in [9.17, 15) is 4.79 Å². The molecule has 0 aliphatic carbocycles. The Morgan fingerprint density at radius 2 is 1.78 bits per heavy atom. The minimum absolute atomic E-state index is 0.273. The number of carbonyl (C=O) groups is 1. The van der Waals surface area contributed by atoms with Gasteiger partial charge in [0.1, 0.15) is 17.9 Å². The van der Waals surface area contributed by atoms with E-state index in [0.29, 0.717) is 48.2 Å². The van der Waals surface area contributed by atoms with Crippen molar-refractivity contribution in [3.63, 3.8) is 0 Å². The second-order valence-electron chi connectivity index (χ2n) is 6.86. The number of benzene rings is 2. The van der Waals surface area contributed by atoms with E-state index in [4.69, 9.17) is 14.2 Å². The summed E-state index contributed by atoms with van der Waals surface area (Å²) >= 11 is 0. The summed E-state index contributed by atoms with van der Waals surface area (Å²) in [5.41, 5.74) is 2.53. The van der Waals surface area contributed by atoms with E-state index in [1.807, 2.05) is 44.2 Å². The zero-order valence-electron chi connectivity index (χ0n) is 17.9. The van der Waals surface area contributed by atoms with Crippen LogP contribution in [0, 0.1) is 0 Å². The molecule has 8 nitrogen and oxygen atoms in total. The van der Waals surface area contributed by atoms with Crippen molar-refractivity contribution in [2.24, 2.45) is 0 Å². The molecule has 2 aromatic carbocycles. The number of amides is 1. The summed E-state index contributed by atoms with van der Waals surface area (Å²) in [7, 11) is 0. The number of hydrogen-bond acceptors (Lipinski definition) is 6. The molecule has 8 heteroatoms. The molecule has 32 heavy (non-hydrogen) atoms. The van der Waals surface area contributed by atoms with E-state index in [2.05, 4.69) is 15.4 Å². The predicted molar refractivity (Wildman–Crippen MR) is 120 cm³/mol. The van der Waals surface area contributed by atoms with Crippen molar-refractivity contribution in [1.29, 1.82) is 0 Å². The molecule has 0 bridgehead atoms. The fourth-order valence-electron chi connectivity index (χ4n) is 3.17. The molecule has 0 fully saturated rings. The first-order chi connectivity index (χ1) is 15.7. The molecule has 1 N–H and O–H groups in total. The highest BCUT2D eigenvalue weighted by Gasteiger charge is 2.14. The number of anilines is 1. The lowest BCUT2D eigenvalue weighted by Gasteiger charge is -2.13. The number of fused-ring (bicyclic) bond motifs is 1. The highest BCUT2D eigenvalue weighted by Crippen LogP contribution is 2.29. The van der Waals surface area contributed by atoms with Crippen LogP contribution in [0.25, 0.3) is 5.65 Å². The van der Waals surface area contributed by atoms with E-state index < -0.39 is 0 Å². The molecule has 4 aromatic rings. The average Bonchev–Trinajstić information content (AvgIpc) is 3.25. The highest BCUT2D eigenvalue weighted by molar-refractivity contribution is 6.08. The van der Waals surface area contributed by atoms with Crippen LogP contribution in [0.5, 0.6) is 17.2 Å². The van der Waals surface area contributed by atoms with Crippen LogP contribution < -0.4 is 19.5 Å². The highest BCUT2D eigenvalue weighted by atomic mass is 16.5. The van der Waals surface area contributed by atoms with E-state index in [-0.39, 0.29) is 5.91 Å². The van der Waals surface area contributed by atoms with Gasteiger partial charge in [-0.1, -0.05) is 6.07 Å². The standard InChI is InChI=1S/C24H24N4O4/c1-3-30-21-11-6-17(14-22(21)31-4-2)16-32-19-9-7-18(8-10-19)27-24(29)20-15-26-28-13-5-12-25-23(20)28/h5-15H,3-4,16H2,1-2H3,(H,27,29). The van der Waals surface area contributed by atoms with Crippen molar-refractivity contribution in [2.45, 2.75) is 20.5 Å². The molecule has 0 atom stereocenters. The van der Waals surface area contributed by atoms with Crippen LogP contribution in [0.15, 0.2) is 67.1 Å². The van der Waals surface area contributed by atoms with Crippen molar-refractivity contribution in [1.82, 2.24) is 14.6 Å². The van der Waals surface area contributed by atoms with Gasteiger partial charge in [-0.25, -0.2) is 9.50 Å². The molecule has 0 spiro atoms. The summed E-state index contributed by atoms with van der Waals surface area (Å²) in [4.78, 5) is 16.8. The lowest BCUT2D eigenvalue weighted by Crippen LogP contribution is -2.12. The number of nitrogens with zero attached hydrogens (tertiary/aromatic N) is 3. The molecule has 0 radical (unpaired) electrons. The Kier molecular flexibility index (Phi) is 6.50. The molecule has 1 amide bonds. The van der Waals surface area contributed by atoms with Gasteiger partial charge in [0.15, 0.2) is 17.1 Å². The molecule has 0 saturated heterocycles. The van der Waals surface area contributed by atoms with Crippen molar-refractivity contribution < 1.29 is 19.0 Å². The largest absolute Gasteiger partial charge is 0.490 e. The Balaban J connectivity index is 1.38. The summed E-state index contributed by atoms with van der Waals surface area (Å²) in [5.74, 6) is 1.84. The summed E-state index contributed by atoms with van der Waals surface area (Å²) in [6, 6.07) is 14.7. The van der Waals surface area contributed by atoms with Gasteiger partial charge < -0.3 is 19.5 Å². The van der Waals surface area contributed by atoms with Crippen LogP contribution in [0.3, 0.4) is 0 Å². The van der Waals surface area contributed by atoms with Crippen molar-refractivity contribution in [3.8, 4) is 17.2 Å². The van der Waals surface area contributed by atoms with Crippen LogP contribution in [0.4, 0.5) is 5.69 Å². The van der Waals surface area contributed by atoms with E-state index in [1.54, 1.807) is 35.1 Å². The molecule has 4 rings (SSSR count). The van der Waals surface area contributed by atoms with Crippen molar-refractivity contribution in [3.05, 3.63) is 78.2 Å². The molecule has 2 heterocycles. The van der Waals surface area contributed by atoms with Gasteiger partial charge in [0.05, 0.1) is 19.4 Å². The SMILES string of the molecule is CCOc1ccc(COc2ccc(NC(=O)c3cnn4cccnc34)cc2)cc1OCC. The Morgan fingerprint density at radius 3 is 2.56 bits per heavy atom. The quantitative estimate of drug-likeness (QED) is 0.423. The predicted octanol–water partition coefficient (Wildman–Crippen LogP) is 4.36. The van der Waals surface area contributed by atoms with Gasteiger partial charge in [-0.15, -0.1) is 0 Å². The average molecular weight is 432 g/mol. The Bertz CT molecular complexity index is 1200. The van der Waals surface area contributed by atoms with Gasteiger partial charge >= 0.3 is 0 Å². The second-order valence-corrected chi connectivity index (χ2v) is 6.86. The topological polar surface area (TPSA) is 87.0 Å². The Morgan fingerprint density at radius 1 is 1.00 bits per heavy atom. The molecule has 0 unspecified atom stereocenters. The second kappa shape index (κ2) is 9.82. The zero-order chi connectivity index (χ0) is 22.3. The maximum Gasteiger partial charge on any atom is 0.261 e. The minimum Gasteiger partial charge on any atom is -0.490 e. The van der Waals surface area contributed by atoms with Crippen molar-refractivity contribution >= 4 is 17.2 Å². The van der Waals surface area contributed by atoms with Crippen LogP contribution in [0.2, 0.25) is 0 Å². The molecular weight excluding hydrogens is 408 g/mol. The first-order valence-electron chi connectivity index (χ1n) is 10.4. The fraction of sp³-hybridized carbons (Fsp3) is 0.208.